The van der Waals surface area contributed by atoms with Crippen LogP contribution in [-0.2, 0) is 9.53 Å². The van der Waals surface area contributed by atoms with Crippen LogP contribution in [0.1, 0.15) is 26.2 Å². The van der Waals surface area contributed by atoms with Crippen molar-refractivity contribution in [2.24, 2.45) is 0 Å². The minimum absolute atomic E-state index is 0.134. The number of carbonyl (C=O) groups is 1. The first-order valence-electron chi connectivity index (χ1n) is 6.82. The summed E-state index contributed by atoms with van der Waals surface area (Å²) in [5.41, 5.74) is 0. The summed E-state index contributed by atoms with van der Waals surface area (Å²) in [6.45, 7) is 1.02. The van der Waals surface area contributed by atoms with Crippen LogP contribution >= 0.6 is 0 Å². The normalized spacial score (nSPS) is 15.0. The van der Waals surface area contributed by atoms with E-state index in [1.807, 2.05) is 0 Å². The van der Waals surface area contributed by atoms with Crippen molar-refractivity contribution in [1.29, 1.82) is 0 Å². The molecule has 0 spiro atoms. The van der Waals surface area contributed by atoms with Crippen molar-refractivity contribution >= 4 is 5.97 Å². The molecule has 0 N–H and O–H groups in total. The van der Waals surface area contributed by atoms with Gasteiger partial charge in [0.25, 0.3) is 0 Å². The molecule has 0 bridgehead atoms. The quantitative estimate of drug-likeness (QED) is 0.356. The smallest absolute Gasteiger partial charge is 0.460 e. The average Bonchev–Trinajstić information content (AvgIpc) is 2.49. The van der Waals surface area contributed by atoms with Crippen LogP contribution in [0.2, 0.25) is 0 Å². The van der Waals surface area contributed by atoms with Gasteiger partial charge in [0.05, 0.1) is 13.0 Å². The van der Waals surface area contributed by atoms with Crippen LogP contribution < -0.4 is 0 Å². The van der Waals surface area contributed by atoms with Crippen molar-refractivity contribution in [3.8, 4) is 0 Å². The van der Waals surface area contributed by atoms with Crippen molar-refractivity contribution in [2.45, 2.75) is 62.0 Å². The van der Waals surface area contributed by atoms with Crippen LogP contribution in [0.5, 0.6) is 0 Å². The van der Waals surface area contributed by atoms with Gasteiger partial charge < -0.3 is 4.74 Å². The summed E-state index contributed by atoms with van der Waals surface area (Å²) in [5.74, 6) is -38.8. The summed E-state index contributed by atoms with van der Waals surface area (Å²) in [5, 5.41) is 0. The molecule has 0 aliphatic rings. The highest BCUT2D eigenvalue weighted by atomic mass is 19.4. The van der Waals surface area contributed by atoms with Gasteiger partial charge in [-0.1, -0.05) is 6.92 Å². The third kappa shape index (κ3) is 4.36. The molecule has 0 atom stereocenters. The molecule has 0 radical (unpaired) electrons. The topological polar surface area (TPSA) is 26.3 Å². The lowest BCUT2D eigenvalue weighted by Crippen LogP contribution is -2.70. The molecule has 0 amide bonds. The molecule has 0 heterocycles. The lowest BCUT2D eigenvalue weighted by atomic mass is 9.92. The van der Waals surface area contributed by atoms with Gasteiger partial charge in [0, 0.05) is 6.42 Å². The lowest BCUT2D eigenvalue weighted by molar-refractivity contribution is -0.440. The molecule has 0 saturated carbocycles. The molecule has 0 aromatic carbocycles. The Morgan fingerprint density at radius 1 is 0.704 bits per heavy atom. The standard InChI is InChI=1S/C12H11F13O2/c1-2-5-27-6(26)3-4-7(13,14)8(15,16)9(17,18)10(19,20)11(21,22)12(23,24)25/h2-5H2,1H3. The van der Waals surface area contributed by atoms with E-state index in [1.165, 1.54) is 6.92 Å². The van der Waals surface area contributed by atoms with Crippen molar-refractivity contribution in [3.05, 3.63) is 0 Å². The van der Waals surface area contributed by atoms with Crippen molar-refractivity contribution in [2.75, 3.05) is 6.61 Å². The summed E-state index contributed by atoms with van der Waals surface area (Å²) in [6, 6.07) is 0. The van der Waals surface area contributed by atoms with Crippen LogP contribution in [0.25, 0.3) is 0 Å². The van der Waals surface area contributed by atoms with E-state index in [4.69, 9.17) is 0 Å². The Morgan fingerprint density at radius 2 is 1.11 bits per heavy atom. The third-order valence-corrected chi connectivity index (χ3v) is 3.11. The van der Waals surface area contributed by atoms with Crippen LogP contribution in [0.3, 0.4) is 0 Å². The monoisotopic (exact) mass is 434 g/mol. The van der Waals surface area contributed by atoms with E-state index in [9.17, 15) is 61.9 Å². The van der Waals surface area contributed by atoms with Crippen molar-refractivity contribution in [1.82, 2.24) is 0 Å². The number of hydrogen-bond acceptors (Lipinski definition) is 2. The predicted molar refractivity (Wildman–Crippen MR) is 61.3 cm³/mol. The van der Waals surface area contributed by atoms with Gasteiger partial charge in [-0.15, -0.1) is 0 Å². The number of rotatable bonds is 9. The summed E-state index contributed by atoms with van der Waals surface area (Å²) < 4.78 is 170. The lowest BCUT2D eigenvalue weighted by Gasteiger charge is -2.39. The molecule has 2 nitrogen and oxygen atoms in total. The SMILES string of the molecule is CCCOC(=O)CCC(F)(F)C(F)(F)C(F)(F)C(F)(F)C(F)(F)C(F)(F)F. The van der Waals surface area contributed by atoms with Gasteiger partial charge in [0.15, 0.2) is 0 Å². The number of hydrogen-bond donors (Lipinski definition) is 0. The fraction of sp³-hybridized carbons (Fsp3) is 0.917. The van der Waals surface area contributed by atoms with Gasteiger partial charge >= 0.3 is 41.8 Å². The fourth-order valence-corrected chi connectivity index (χ4v) is 1.51. The Hall–Kier alpha value is -1.44. The molecule has 162 valence electrons. The first-order valence-corrected chi connectivity index (χ1v) is 6.82. The van der Waals surface area contributed by atoms with Gasteiger partial charge in [-0.05, 0) is 6.42 Å². The van der Waals surface area contributed by atoms with Crippen LogP contribution in [-0.4, -0.2) is 48.4 Å². The van der Waals surface area contributed by atoms with E-state index in [0.717, 1.165) is 0 Å². The Morgan fingerprint density at radius 3 is 1.48 bits per heavy atom. The Balaban J connectivity index is 5.77. The maximum Gasteiger partial charge on any atom is 0.460 e. The zero-order valence-electron chi connectivity index (χ0n) is 13.1. The molecular weight excluding hydrogens is 423 g/mol. The molecule has 27 heavy (non-hydrogen) atoms. The zero-order chi connectivity index (χ0) is 22.1. The minimum atomic E-state index is -7.94. The minimum Gasteiger partial charge on any atom is -0.466 e. The first-order chi connectivity index (χ1) is 11.7. The van der Waals surface area contributed by atoms with Gasteiger partial charge in [-0.2, -0.15) is 57.1 Å². The summed E-state index contributed by atoms with van der Waals surface area (Å²) >= 11 is 0. The first kappa shape index (κ1) is 25.6. The average molecular weight is 434 g/mol. The molecule has 0 rings (SSSR count). The molecule has 0 saturated heterocycles. The molecular formula is C12H11F13O2. The number of alkyl halides is 13. The number of esters is 1. The molecule has 0 fully saturated rings. The predicted octanol–water partition coefficient (Wildman–Crippen LogP) is 5.46. The Labute approximate surface area is 142 Å². The summed E-state index contributed by atoms with van der Waals surface area (Å²) in [4.78, 5) is 10.9. The summed E-state index contributed by atoms with van der Waals surface area (Å²) in [6.07, 6.45) is -11.6. The van der Waals surface area contributed by atoms with E-state index < -0.39 is 61.2 Å². The second-order valence-electron chi connectivity index (χ2n) is 5.22. The largest absolute Gasteiger partial charge is 0.466 e. The van der Waals surface area contributed by atoms with Crippen LogP contribution in [0.15, 0.2) is 0 Å². The Kier molecular flexibility index (Phi) is 7.12. The maximum absolute atomic E-state index is 13.3. The van der Waals surface area contributed by atoms with Crippen LogP contribution in [0, 0.1) is 0 Å². The van der Waals surface area contributed by atoms with E-state index in [0.29, 0.717) is 0 Å². The highest BCUT2D eigenvalue weighted by molar-refractivity contribution is 5.69. The summed E-state index contributed by atoms with van der Waals surface area (Å²) in [7, 11) is 0. The third-order valence-electron chi connectivity index (χ3n) is 3.11. The highest BCUT2D eigenvalue weighted by Crippen LogP contribution is 2.60. The molecule has 0 aliphatic carbocycles. The second-order valence-corrected chi connectivity index (χ2v) is 5.22. The number of halogens is 13. The highest BCUT2D eigenvalue weighted by Gasteiger charge is 2.90. The Bertz CT molecular complexity index is 524. The fourth-order valence-electron chi connectivity index (χ4n) is 1.51. The van der Waals surface area contributed by atoms with E-state index >= 15 is 0 Å². The van der Waals surface area contributed by atoms with Crippen molar-refractivity contribution < 1.29 is 66.6 Å². The van der Waals surface area contributed by atoms with Gasteiger partial charge in [-0.25, -0.2) is 0 Å². The molecule has 0 unspecified atom stereocenters. The molecule has 15 heteroatoms. The van der Waals surface area contributed by atoms with Gasteiger partial charge in [0.2, 0.25) is 0 Å². The van der Waals surface area contributed by atoms with Crippen molar-refractivity contribution in [3.63, 3.8) is 0 Å². The maximum atomic E-state index is 13.3. The molecule has 0 aliphatic heterocycles. The molecule has 0 aromatic heterocycles. The van der Waals surface area contributed by atoms with Gasteiger partial charge in [-0.3, -0.25) is 4.79 Å². The number of ether oxygens (including phenoxy) is 1. The van der Waals surface area contributed by atoms with E-state index in [2.05, 4.69) is 4.74 Å². The zero-order valence-corrected chi connectivity index (χ0v) is 13.1. The van der Waals surface area contributed by atoms with Crippen LogP contribution in [0.4, 0.5) is 57.1 Å². The van der Waals surface area contributed by atoms with E-state index in [-0.39, 0.29) is 6.42 Å². The molecule has 0 aromatic rings. The second kappa shape index (κ2) is 7.53. The van der Waals surface area contributed by atoms with Gasteiger partial charge in [0.1, 0.15) is 0 Å². The number of carbonyl (C=O) groups excluding carboxylic acids is 1. The van der Waals surface area contributed by atoms with E-state index in [1.54, 1.807) is 0 Å².